The predicted octanol–water partition coefficient (Wildman–Crippen LogP) is 0.852. The Bertz CT molecular complexity index is 327. The maximum absolute atomic E-state index is 11.3. The van der Waals surface area contributed by atoms with Gasteiger partial charge in [-0.3, -0.25) is 10.1 Å². The number of rotatable bonds is 1. The number of hydrogen-bond acceptors (Lipinski definition) is 4. The Morgan fingerprint density at radius 1 is 1.00 bits per heavy atom. The summed E-state index contributed by atoms with van der Waals surface area (Å²) in [5.74, 6) is 0. The molecule has 90 valence electrons. The molecule has 0 aliphatic heterocycles. The first-order valence-corrected chi connectivity index (χ1v) is 5.78. The van der Waals surface area contributed by atoms with Crippen LogP contribution in [0.5, 0.6) is 0 Å². The quantitative estimate of drug-likeness (QED) is 0.514. The lowest BCUT2D eigenvalue weighted by Crippen LogP contribution is -2.70. The molecule has 5 nitrogen and oxygen atoms in total. The highest BCUT2D eigenvalue weighted by atomic mass is 16.6. The molecule has 0 heterocycles. The van der Waals surface area contributed by atoms with Gasteiger partial charge >= 0.3 is 0 Å². The molecule has 16 heavy (non-hydrogen) atoms. The van der Waals surface area contributed by atoms with Crippen molar-refractivity contribution in [1.82, 2.24) is 0 Å². The molecule has 4 rings (SSSR count). The molecule has 5 heteroatoms. The van der Waals surface area contributed by atoms with E-state index in [1.807, 2.05) is 6.92 Å². The van der Waals surface area contributed by atoms with Crippen molar-refractivity contribution in [1.29, 1.82) is 0 Å². The van der Waals surface area contributed by atoms with Crippen LogP contribution >= 0.6 is 0 Å². The minimum Gasteiger partial charge on any atom is -0.389 e. The monoisotopic (exact) mass is 227 g/mol. The lowest BCUT2D eigenvalue weighted by atomic mass is 9.44. The van der Waals surface area contributed by atoms with Crippen LogP contribution in [0.25, 0.3) is 0 Å². The standard InChI is InChI=1S/C11H17NO4/c1-8-2-9(12(15)16)5-10(13,3-8)7-11(14,4-8)6-9/h13-14H,2-7H2,1H3. The Morgan fingerprint density at radius 2 is 1.50 bits per heavy atom. The molecule has 2 atom stereocenters. The van der Waals surface area contributed by atoms with Crippen LogP contribution < -0.4 is 0 Å². The minimum absolute atomic E-state index is 0.213. The van der Waals surface area contributed by atoms with E-state index in [1.165, 1.54) is 0 Å². The number of hydrogen-bond donors (Lipinski definition) is 2. The van der Waals surface area contributed by atoms with Gasteiger partial charge in [-0.05, 0) is 18.3 Å². The number of nitrogens with zero attached hydrogens (tertiary/aromatic N) is 1. The molecule has 0 aromatic rings. The molecule has 0 radical (unpaired) electrons. The normalized spacial score (nSPS) is 58.9. The molecule has 2 unspecified atom stereocenters. The van der Waals surface area contributed by atoms with E-state index < -0.39 is 16.7 Å². The Morgan fingerprint density at radius 3 is 1.88 bits per heavy atom. The van der Waals surface area contributed by atoms with Gasteiger partial charge < -0.3 is 10.2 Å². The topological polar surface area (TPSA) is 83.6 Å². The van der Waals surface area contributed by atoms with Crippen molar-refractivity contribution in [3.8, 4) is 0 Å². The maximum Gasteiger partial charge on any atom is 0.228 e. The van der Waals surface area contributed by atoms with Gasteiger partial charge in [0.2, 0.25) is 5.54 Å². The average Bonchev–Trinajstić information content (AvgIpc) is 1.92. The van der Waals surface area contributed by atoms with Gasteiger partial charge in [0.05, 0.1) is 11.2 Å². The molecule has 4 aliphatic rings. The third kappa shape index (κ3) is 1.18. The van der Waals surface area contributed by atoms with E-state index in [2.05, 4.69) is 0 Å². The molecule has 2 N–H and O–H groups in total. The second kappa shape index (κ2) is 2.43. The van der Waals surface area contributed by atoms with Crippen LogP contribution in [0.15, 0.2) is 0 Å². The second-order valence-electron chi connectivity index (χ2n) is 6.80. The van der Waals surface area contributed by atoms with Crippen molar-refractivity contribution >= 4 is 0 Å². The van der Waals surface area contributed by atoms with Gasteiger partial charge in [0, 0.05) is 30.6 Å². The fraction of sp³-hybridized carbons (Fsp3) is 1.00. The summed E-state index contributed by atoms with van der Waals surface area (Å²) in [7, 11) is 0. The van der Waals surface area contributed by atoms with Crippen LogP contribution in [-0.4, -0.2) is 31.9 Å². The van der Waals surface area contributed by atoms with Crippen molar-refractivity contribution in [2.24, 2.45) is 5.41 Å². The highest BCUT2D eigenvalue weighted by Crippen LogP contribution is 2.65. The third-order valence-corrected chi connectivity index (χ3v) is 4.63. The van der Waals surface area contributed by atoms with Crippen molar-refractivity contribution in [2.45, 2.75) is 62.2 Å². The van der Waals surface area contributed by atoms with Gasteiger partial charge in [0.1, 0.15) is 0 Å². The second-order valence-corrected chi connectivity index (χ2v) is 6.80. The Labute approximate surface area is 93.6 Å². The molecule has 0 amide bonds. The van der Waals surface area contributed by atoms with Crippen LogP contribution in [0.4, 0.5) is 0 Å². The van der Waals surface area contributed by atoms with E-state index in [9.17, 15) is 20.3 Å². The van der Waals surface area contributed by atoms with Crippen molar-refractivity contribution < 1.29 is 15.1 Å². The minimum atomic E-state index is -1.09. The zero-order valence-corrected chi connectivity index (χ0v) is 9.40. The first-order chi connectivity index (χ1) is 7.19. The molecule has 4 saturated carbocycles. The molecule has 4 aliphatic carbocycles. The van der Waals surface area contributed by atoms with E-state index in [0.717, 1.165) is 0 Å². The van der Waals surface area contributed by atoms with Gasteiger partial charge in [-0.15, -0.1) is 0 Å². The lowest BCUT2D eigenvalue weighted by molar-refractivity contribution is -0.600. The summed E-state index contributed by atoms with van der Waals surface area (Å²) >= 11 is 0. The third-order valence-electron chi connectivity index (χ3n) is 4.63. The van der Waals surface area contributed by atoms with Gasteiger partial charge in [0.25, 0.3) is 0 Å². The van der Waals surface area contributed by atoms with Crippen molar-refractivity contribution in [3.63, 3.8) is 0 Å². The molecule has 0 aromatic carbocycles. The smallest absolute Gasteiger partial charge is 0.228 e. The van der Waals surface area contributed by atoms with Crippen LogP contribution in [0.3, 0.4) is 0 Å². The fourth-order valence-corrected chi connectivity index (χ4v) is 5.16. The van der Waals surface area contributed by atoms with Crippen LogP contribution in [0, 0.1) is 15.5 Å². The Kier molecular flexibility index (Phi) is 1.59. The van der Waals surface area contributed by atoms with Crippen molar-refractivity contribution in [2.75, 3.05) is 0 Å². The SMILES string of the molecule is CC12CC3(O)CC(O)(C1)CC([N+](=O)[O-])(C2)C3. The maximum atomic E-state index is 11.3. The molecule has 4 fully saturated rings. The highest BCUT2D eigenvalue weighted by molar-refractivity contribution is 5.18. The van der Waals surface area contributed by atoms with E-state index >= 15 is 0 Å². The van der Waals surface area contributed by atoms with Gasteiger partial charge in [-0.25, -0.2) is 0 Å². The molecule has 0 aromatic heterocycles. The van der Waals surface area contributed by atoms with Crippen LogP contribution in [-0.2, 0) is 0 Å². The molecular weight excluding hydrogens is 210 g/mol. The predicted molar refractivity (Wildman–Crippen MR) is 55.4 cm³/mol. The van der Waals surface area contributed by atoms with E-state index in [0.29, 0.717) is 25.7 Å². The average molecular weight is 227 g/mol. The Balaban J connectivity index is 2.11. The molecular formula is C11H17NO4. The summed E-state index contributed by atoms with van der Waals surface area (Å²) in [4.78, 5) is 11.0. The van der Waals surface area contributed by atoms with E-state index in [-0.39, 0.29) is 23.2 Å². The zero-order valence-electron chi connectivity index (χ0n) is 9.40. The summed E-state index contributed by atoms with van der Waals surface area (Å²) < 4.78 is 0. The first kappa shape index (κ1) is 10.5. The van der Waals surface area contributed by atoms with Gasteiger partial charge in [-0.1, -0.05) is 6.92 Å². The highest BCUT2D eigenvalue weighted by Gasteiger charge is 2.71. The van der Waals surface area contributed by atoms with Crippen LogP contribution in [0.2, 0.25) is 0 Å². The number of nitro groups is 1. The molecule has 0 saturated heterocycles. The van der Waals surface area contributed by atoms with Gasteiger partial charge in [-0.2, -0.15) is 0 Å². The summed E-state index contributed by atoms with van der Waals surface area (Å²) in [6.45, 7) is 1.96. The zero-order chi connectivity index (χ0) is 11.8. The van der Waals surface area contributed by atoms with Crippen LogP contribution in [0.1, 0.15) is 45.4 Å². The summed E-state index contributed by atoms with van der Waals surface area (Å²) in [5.41, 5.74) is -3.41. The number of aliphatic hydroxyl groups is 2. The van der Waals surface area contributed by atoms with E-state index in [1.54, 1.807) is 0 Å². The molecule has 0 spiro atoms. The summed E-state index contributed by atoms with van der Waals surface area (Å²) in [6, 6.07) is 0. The summed E-state index contributed by atoms with van der Waals surface area (Å²) in [5, 5.41) is 32.0. The lowest BCUT2D eigenvalue weighted by Gasteiger charge is -2.63. The fourth-order valence-electron chi connectivity index (χ4n) is 5.16. The van der Waals surface area contributed by atoms with Gasteiger partial charge in [0.15, 0.2) is 0 Å². The van der Waals surface area contributed by atoms with Crippen molar-refractivity contribution in [3.05, 3.63) is 10.1 Å². The van der Waals surface area contributed by atoms with E-state index in [4.69, 9.17) is 0 Å². The molecule has 4 bridgehead atoms. The Hall–Kier alpha value is -0.680. The first-order valence-electron chi connectivity index (χ1n) is 5.78. The largest absolute Gasteiger partial charge is 0.389 e. The summed E-state index contributed by atoms with van der Waals surface area (Å²) in [6.07, 6.45) is 2.43.